The second-order valence-corrected chi connectivity index (χ2v) is 9.10. The molecular formula is C28H38O4. The first-order valence-electron chi connectivity index (χ1n) is 12.3. The predicted octanol–water partition coefficient (Wildman–Crippen LogP) is 7.24. The van der Waals surface area contributed by atoms with Crippen LogP contribution in [0.1, 0.15) is 101 Å². The van der Waals surface area contributed by atoms with Gasteiger partial charge in [-0.1, -0.05) is 70.1 Å². The Kier molecular flexibility index (Phi) is 9.45. The standard InChI is InChI=1S/C28H38O4/c1-2-22(29)11-9-7-5-3-4-6-8-10-12-25-26-18-17-24(31)19-28(26)32-20-27(25)21-13-15-23(30)16-14-21/h13-19,25,27,30-31H,2-12,20H2,1H3. The zero-order valence-corrected chi connectivity index (χ0v) is 19.4. The number of Topliss-reactive ketones (excluding diaryl/α,β-unsaturated/α-hetero) is 1. The van der Waals surface area contributed by atoms with Gasteiger partial charge in [0.15, 0.2) is 0 Å². The van der Waals surface area contributed by atoms with Gasteiger partial charge in [0.05, 0.1) is 6.61 Å². The van der Waals surface area contributed by atoms with Gasteiger partial charge in [-0.05, 0) is 48.1 Å². The van der Waals surface area contributed by atoms with Crippen molar-refractivity contribution in [1.29, 1.82) is 0 Å². The van der Waals surface area contributed by atoms with Crippen molar-refractivity contribution in [2.24, 2.45) is 0 Å². The summed E-state index contributed by atoms with van der Waals surface area (Å²) in [6, 6.07) is 13.0. The van der Waals surface area contributed by atoms with Crippen LogP contribution in [-0.4, -0.2) is 22.6 Å². The van der Waals surface area contributed by atoms with Crippen LogP contribution in [-0.2, 0) is 4.79 Å². The molecule has 0 saturated carbocycles. The molecule has 0 bridgehead atoms. The van der Waals surface area contributed by atoms with Crippen molar-refractivity contribution in [1.82, 2.24) is 0 Å². The van der Waals surface area contributed by atoms with Crippen molar-refractivity contribution >= 4 is 5.78 Å². The highest BCUT2D eigenvalue weighted by atomic mass is 16.5. The summed E-state index contributed by atoms with van der Waals surface area (Å²) in [6.45, 7) is 2.53. The molecule has 2 N–H and O–H groups in total. The maximum atomic E-state index is 11.3. The highest BCUT2D eigenvalue weighted by molar-refractivity contribution is 5.77. The molecule has 32 heavy (non-hydrogen) atoms. The number of fused-ring (bicyclic) bond motifs is 1. The van der Waals surface area contributed by atoms with E-state index in [9.17, 15) is 15.0 Å². The fraction of sp³-hybridized carbons (Fsp3) is 0.536. The molecule has 174 valence electrons. The third kappa shape index (κ3) is 7.01. The third-order valence-corrected chi connectivity index (χ3v) is 6.74. The van der Waals surface area contributed by atoms with Gasteiger partial charge in [-0.15, -0.1) is 0 Å². The lowest BCUT2D eigenvalue weighted by molar-refractivity contribution is -0.118. The summed E-state index contributed by atoms with van der Waals surface area (Å²) < 4.78 is 6.00. The molecule has 2 atom stereocenters. The molecule has 0 radical (unpaired) electrons. The number of phenolic OH excluding ortho intramolecular Hbond substituents is 2. The first kappa shape index (κ1) is 24.2. The molecule has 2 aromatic carbocycles. The number of ether oxygens (including phenoxy) is 1. The molecule has 0 amide bonds. The predicted molar refractivity (Wildman–Crippen MR) is 129 cm³/mol. The molecule has 1 heterocycles. The van der Waals surface area contributed by atoms with E-state index in [2.05, 4.69) is 0 Å². The van der Waals surface area contributed by atoms with E-state index >= 15 is 0 Å². The largest absolute Gasteiger partial charge is 0.508 e. The molecule has 1 aliphatic heterocycles. The van der Waals surface area contributed by atoms with Crippen molar-refractivity contribution in [2.45, 2.75) is 89.4 Å². The molecule has 2 unspecified atom stereocenters. The van der Waals surface area contributed by atoms with Gasteiger partial charge in [0, 0.05) is 24.8 Å². The van der Waals surface area contributed by atoms with Crippen LogP contribution >= 0.6 is 0 Å². The minimum Gasteiger partial charge on any atom is -0.508 e. The number of hydrogen-bond acceptors (Lipinski definition) is 4. The maximum Gasteiger partial charge on any atom is 0.132 e. The lowest BCUT2D eigenvalue weighted by atomic mass is 9.77. The Morgan fingerprint density at radius 2 is 1.50 bits per heavy atom. The van der Waals surface area contributed by atoms with Crippen LogP contribution in [0.5, 0.6) is 17.2 Å². The lowest BCUT2D eigenvalue weighted by Gasteiger charge is -2.34. The van der Waals surface area contributed by atoms with E-state index in [-0.39, 0.29) is 17.4 Å². The van der Waals surface area contributed by atoms with Gasteiger partial charge in [0.1, 0.15) is 23.0 Å². The number of rotatable bonds is 13. The summed E-state index contributed by atoms with van der Waals surface area (Å²) in [6.07, 6.45) is 12.1. The number of carbonyl (C=O) groups is 1. The van der Waals surface area contributed by atoms with E-state index in [1.807, 2.05) is 25.1 Å². The summed E-state index contributed by atoms with van der Waals surface area (Å²) in [5, 5.41) is 19.5. The average molecular weight is 439 g/mol. The van der Waals surface area contributed by atoms with Crippen LogP contribution in [0, 0.1) is 0 Å². The number of unbranched alkanes of at least 4 members (excludes halogenated alkanes) is 7. The molecule has 3 rings (SSSR count). The Morgan fingerprint density at radius 1 is 0.875 bits per heavy atom. The van der Waals surface area contributed by atoms with E-state index in [1.165, 1.54) is 56.1 Å². The normalized spacial score (nSPS) is 17.5. The van der Waals surface area contributed by atoms with Crippen LogP contribution in [0.15, 0.2) is 42.5 Å². The van der Waals surface area contributed by atoms with Gasteiger partial charge < -0.3 is 14.9 Å². The molecule has 0 saturated heterocycles. The molecule has 0 spiro atoms. The SMILES string of the molecule is CCC(=O)CCCCCCCCCCC1c2ccc(O)cc2OCC1c1ccc(O)cc1. The monoisotopic (exact) mass is 438 g/mol. The van der Waals surface area contributed by atoms with Gasteiger partial charge in [0.25, 0.3) is 0 Å². The van der Waals surface area contributed by atoms with E-state index in [4.69, 9.17) is 4.74 Å². The number of carbonyl (C=O) groups excluding carboxylic acids is 1. The van der Waals surface area contributed by atoms with Crippen molar-refractivity contribution in [2.75, 3.05) is 6.61 Å². The third-order valence-electron chi connectivity index (χ3n) is 6.74. The van der Waals surface area contributed by atoms with Crippen molar-refractivity contribution in [3.8, 4) is 17.2 Å². The molecule has 2 aromatic rings. The minimum atomic E-state index is 0.240. The number of hydrogen-bond donors (Lipinski definition) is 2. The Bertz CT molecular complexity index is 843. The van der Waals surface area contributed by atoms with E-state index < -0.39 is 0 Å². The molecule has 0 fully saturated rings. The quantitative estimate of drug-likeness (QED) is 0.324. The highest BCUT2D eigenvalue weighted by Gasteiger charge is 2.32. The van der Waals surface area contributed by atoms with Crippen molar-refractivity contribution in [3.63, 3.8) is 0 Å². The molecule has 4 nitrogen and oxygen atoms in total. The minimum absolute atomic E-state index is 0.240. The smallest absolute Gasteiger partial charge is 0.132 e. The summed E-state index contributed by atoms with van der Waals surface area (Å²) in [5.74, 6) is 2.31. The zero-order chi connectivity index (χ0) is 22.8. The fourth-order valence-corrected chi connectivity index (χ4v) is 4.80. The van der Waals surface area contributed by atoms with Crippen LogP contribution in [0.4, 0.5) is 0 Å². The number of ketones is 1. The lowest BCUT2D eigenvalue weighted by Crippen LogP contribution is -2.24. The van der Waals surface area contributed by atoms with Crippen molar-refractivity contribution < 1.29 is 19.7 Å². The first-order valence-corrected chi connectivity index (χ1v) is 12.3. The molecular weight excluding hydrogens is 400 g/mol. The number of aromatic hydroxyl groups is 2. The van der Waals surface area contributed by atoms with Crippen LogP contribution in [0.3, 0.4) is 0 Å². The Balaban J connectivity index is 1.47. The zero-order valence-electron chi connectivity index (χ0n) is 19.4. The van der Waals surface area contributed by atoms with E-state index in [0.29, 0.717) is 24.7 Å². The second kappa shape index (κ2) is 12.5. The van der Waals surface area contributed by atoms with Gasteiger partial charge in [-0.2, -0.15) is 0 Å². The van der Waals surface area contributed by atoms with Gasteiger partial charge >= 0.3 is 0 Å². The Hall–Kier alpha value is -2.49. The molecule has 0 aliphatic carbocycles. The summed E-state index contributed by atoms with van der Waals surface area (Å²) >= 11 is 0. The average Bonchev–Trinajstić information content (AvgIpc) is 2.80. The van der Waals surface area contributed by atoms with Gasteiger partial charge in [-0.25, -0.2) is 0 Å². The van der Waals surface area contributed by atoms with Gasteiger partial charge in [0.2, 0.25) is 0 Å². The van der Waals surface area contributed by atoms with E-state index in [1.54, 1.807) is 24.3 Å². The van der Waals surface area contributed by atoms with Crippen molar-refractivity contribution in [3.05, 3.63) is 53.6 Å². The summed E-state index contributed by atoms with van der Waals surface area (Å²) in [4.78, 5) is 11.3. The molecule has 4 heteroatoms. The van der Waals surface area contributed by atoms with Crippen LogP contribution in [0.2, 0.25) is 0 Å². The summed E-state index contributed by atoms with van der Waals surface area (Å²) in [5.41, 5.74) is 2.36. The number of phenols is 2. The Morgan fingerprint density at radius 3 is 2.19 bits per heavy atom. The second-order valence-electron chi connectivity index (χ2n) is 9.10. The topological polar surface area (TPSA) is 66.8 Å². The van der Waals surface area contributed by atoms with Crippen LogP contribution < -0.4 is 4.74 Å². The van der Waals surface area contributed by atoms with E-state index in [0.717, 1.165) is 25.0 Å². The summed E-state index contributed by atoms with van der Waals surface area (Å²) in [7, 11) is 0. The fourth-order valence-electron chi connectivity index (χ4n) is 4.80. The van der Waals surface area contributed by atoms with Crippen LogP contribution in [0.25, 0.3) is 0 Å². The molecule has 1 aliphatic rings. The highest BCUT2D eigenvalue weighted by Crippen LogP contribution is 2.46. The maximum absolute atomic E-state index is 11.3. The number of benzene rings is 2. The Labute approximate surface area is 192 Å². The first-order chi connectivity index (χ1) is 15.6. The molecule has 0 aromatic heterocycles. The van der Waals surface area contributed by atoms with Gasteiger partial charge in [-0.3, -0.25) is 4.79 Å².